The van der Waals surface area contributed by atoms with Gasteiger partial charge in [0, 0.05) is 11.4 Å². The molecule has 0 saturated heterocycles. The van der Waals surface area contributed by atoms with E-state index in [1.165, 1.54) is 28.7 Å². The van der Waals surface area contributed by atoms with Crippen molar-refractivity contribution in [2.24, 2.45) is 0 Å². The van der Waals surface area contributed by atoms with Crippen LogP contribution in [0.3, 0.4) is 0 Å². The van der Waals surface area contributed by atoms with Gasteiger partial charge >= 0.3 is 0 Å². The number of carbonyl (C=O) groups is 1. The summed E-state index contributed by atoms with van der Waals surface area (Å²) < 4.78 is 0.757. The second-order valence-corrected chi connectivity index (χ2v) is 8.55. The Balaban J connectivity index is 1.58. The molecule has 0 aliphatic carbocycles. The van der Waals surface area contributed by atoms with E-state index < -0.39 is 0 Å². The Morgan fingerprint density at radius 3 is 2.38 bits per heavy atom. The summed E-state index contributed by atoms with van der Waals surface area (Å²) in [6.45, 7) is 5.91. The fraction of sp³-hybridized carbons (Fsp3) is 0.211. The number of nitrogens with zero attached hydrogens (tertiary/aromatic N) is 2. The van der Waals surface area contributed by atoms with Crippen LogP contribution in [-0.2, 0) is 4.79 Å². The second kappa shape index (κ2) is 8.33. The van der Waals surface area contributed by atoms with Crippen molar-refractivity contribution in [2.75, 3.05) is 10.6 Å². The van der Waals surface area contributed by atoms with Gasteiger partial charge < -0.3 is 10.6 Å². The number of thioether (sulfide) groups is 1. The molecule has 3 rings (SSSR count). The highest BCUT2D eigenvalue weighted by atomic mass is 32.2. The fourth-order valence-electron chi connectivity index (χ4n) is 2.33. The molecule has 1 amide bonds. The highest BCUT2D eigenvalue weighted by Crippen LogP contribution is 2.31. The number of aryl methyl sites for hydroxylation is 2. The Hall–Kier alpha value is -2.38. The minimum Gasteiger partial charge on any atom is -0.330 e. The number of hydrogen-bond donors (Lipinski definition) is 2. The molecule has 0 saturated carbocycles. The van der Waals surface area contributed by atoms with E-state index in [0.29, 0.717) is 5.13 Å². The highest BCUT2D eigenvalue weighted by molar-refractivity contribution is 8.02. The smallest absolute Gasteiger partial charge is 0.237 e. The van der Waals surface area contributed by atoms with E-state index in [1.54, 1.807) is 0 Å². The summed E-state index contributed by atoms with van der Waals surface area (Å²) in [6, 6.07) is 15.8. The minimum absolute atomic E-state index is 0.0519. The van der Waals surface area contributed by atoms with Crippen molar-refractivity contribution in [2.45, 2.75) is 30.4 Å². The molecule has 2 aromatic carbocycles. The Morgan fingerprint density at radius 2 is 1.69 bits per heavy atom. The molecule has 0 bridgehead atoms. The first-order valence-corrected chi connectivity index (χ1v) is 9.90. The SMILES string of the molecule is Cc1cccc(NC(=O)C(C)Sc2nnc(Nc3cccc(C)c3)s2)c1. The van der Waals surface area contributed by atoms with Gasteiger partial charge in [-0.3, -0.25) is 4.79 Å². The number of anilines is 3. The van der Waals surface area contributed by atoms with Gasteiger partial charge in [-0.2, -0.15) is 0 Å². The van der Waals surface area contributed by atoms with Crippen LogP contribution in [0.1, 0.15) is 18.1 Å². The number of hydrogen-bond acceptors (Lipinski definition) is 6. The molecule has 0 radical (unpaired) electrons. The number of nitrogens with one attached hydrogen (secondary N) is 2. The maximum Gasteiger partial charge on any atom is 0.237 e. The number of amides is 1. The zero-order valence-corrected chi connectivity index (χ0v) is 16.4. The third kappa shape index (κ3) is 5.06. The standard InChI is InChI=1S/C19H20N4OS2/c1-12-6-4-8-15(10-12)20-17(24)14(3)25-19-23-22-18(26-19)21-16-9-5-7-13(2)11-16/h4-11,14H,1-3H3,(H,20,24)(H,21,22). The van der Waals surface area contributed by atoms with Crippen molar-refractivity contribution in [3.05, 3.63) is 59.7 Å². The number of rotatable bonds is 6. The van der Waals surface area contributed by atoms with Crippen molar-refractivity contribution in [3.63, 3.8) is 0 Å². The molecule has 0 aliphatic heterocycles. The largest absolute Gasteiger partial charge is 0.330 e. The van der Waals surface area contributed by atoms with Gasteiger partial charge in [-0.1, -0.05) is 47.4 Å². The van der Waals surface area contributed by atoms with Crippen LogP contribution >= 0.6 is 23.1 Å². The lowest BCUT2D eigenvalue weighted by atomic mass is 10.2. The van der Waals surface area contributed by atoms with Crippen LogP contribution in [0.2, 0.25) is 0 Å². The third-order valence-electron chi connectivity index (χ3n) is 3.61. The van der Waals surface area contributed by atoms with Gasteiger partial charge in [-0.15, -0.1) is 10.2 Å². The quantitative estimate of drug-likeness (QED) is 0.584. The van der Waals surface area contributed by atoms with Gasteiger partial charge in [-0.05, 0) is 56.2 Å². The van der Waals surface area contributed by atoms with Gasteiger partial charge in [-0.25, -0.2) is 0 Å². The van der Waals surface area contributed by atoms with Gasteiger partial charge in [0.15, 0.2) is 4.34 Å². The van der Waals surface area contributed by atoms with Crippen LogP contribution < -0.4 is 10.6 Å². The third-order valence-corrected chi connectivity index (χ3v) is 5.63. The zero-order valence-electron chi connectivity index (χ0n) is 14.8. The van der Waals surface area contributed by atoms with Crippen molar-refractivity contribution >= 4 is 45.5 Å². The second-order valence-electron chi connectivity index (χ2n) is 5.99. The van der Waals surface area contributed by atoms with Crippen LogP contribution in [0, 0.1) is 13.8 Å². The highest BCUT2D eigenvalue weighted by Gasteiger charge is 2.17. The molecule has 26 heavy (non-hydrogen) atoms. The molecule has 134 valence electrons. The van der Waals surface area contributed by atoms with Crippen LogP contribution in [0.25, 0.3) is 0 Å². The molecule has 0 aliphatic rings. The Kier molecular flexibility index (Phi) is 5.90. The predicted octanol–water partition coefficient (Wildman–Crippen LogP) is 5.02. The van der Waals surface area contributed by atoms with Crippen molar-refractivity contribution in [3.8, 4) is 0 Å². The number of benzene rings is 2. The lowest BCUT2D eigenvalue weighted by Crippen LogP contribution is -2.22. The van der Waals surface area contributed by atoms with Crippen LogP contribution in [0.4, 0.5) is 16.5 Å². The Labute approximate surface area is 161 Å². The molecule has 2 N–H and O–H groups in total. The van der Waals surface area contributed by atoms with Crippen LogP contribution in [0.5, 0.6) is 0 Å². The fourth-order valence-corrected chi connectivity index (χ4v) is 4.24. The van der Waals surface area contributed by atoms with E-state index in [0.717, 1.165) is 21.3 Å². The van der Waals surface area contributed by atoms with E-state index in [4.69, 9.17) is 0 Å². The molecule has 1 heterocycles. The van der Waals surface area contributed by atoms with Gasteiger partial charge in [0.05, 0.1) is 5.25 Å². The molecule has 3 aromatic rings. The number of aromatic nitrogens is 2. The number of carbonyl (C=O) groups excluding carboxylic acids is 1. The zero-order chi connectivity index (χ0) is 18.5. The molecule has 5 nitrogen and oxygen atoms in total. The van der Waals surface area contributed by atoms with E-state index in [9.17, 15) is 4.79 Å². The normalized spacial score (nSPS) is 11.8. The topological polar surface area (TPSA) is 66.9 Å². The summed E-state index contributed by atoms with van der Waals surface area (Å²) in [4.78, 5) is 12.4. The first-order valence-electron chi connectivity index (χ1n) is 8.21. The predicted molar refractivity (Wildman–Crippen MR) is 109 cm³/mol. The van der Waals surface area contributed by atoms with Gasteiger partial charge in [0.2, 0.25) is 11.0 Å². The molecule has 1 atom stereocenters. The Bertz CT molecular complexity index is 910. The van der Waals surface area contributed by atoms with E-state index >= 15 is 0 Å². The summed E-state index contributed by atoms with van der Waals surface area (Å²) in [5.74, 6) is -0.0519. The average Bonchev–Trinajstić information content (AvgIpc) is 3.01. The summed E-state index contributed by atoms with van der Waals surface area (Å²) in [7, 11) is 0. The molecule has 7 heteroatoms. The lowest BCUT2D eigenvalue weighted by Gasteiger charge is -2.10. The molecule has 0 spiro atoms. The molecule has 1 aromatic heterocycles. The molecule has 1 unspecified atom stereocenters. The van der Waals surface area contributed by atoms with Gasteiger partial charge in [0.25, 0.3) is 0 Å². The van der Waals surface area contributed by atoms with Crippen LogP contribution in [0.15, 0.2) is 52.9 Å². The first kappa shape index (κ1) is 18.4. The van der Waals surface area contributed by atoms with Crippen molar-refractivity contribution in [1.82, 2.24) is 10.2 Å². The summed E-state index contributed by atoms with van der Waals surface area (Å²) >= 11 is 2.84. The maximum absolute atomic E-state index is 12.4. The van der Waals surface area contributed by atoms with Gasteiger partial charge in [0.1, 0.15) is 0 Å². The average molecular weight is 385 g/mol. The minimum atomic E-state index is -0.268. The monoisotopic (exact) mass is 384 g/mol. The lowest BCUT2D eigenvalue weighted by molar-refractivity contribution is -0.115. The molecular formula is C19H20N4OS2. The van der Waals surface area contributed by atoms with Crippen molar-refractivity contribution in [1.29, 1.82) is 0 Å². The summed E-state index contributed by atoms with van der Waals surface area (Å²) in [5.41, 5.74) is 4.07. The first-order chi connectivity index (χ1) is 12.5. The summed E-state index contributed by atoms with van der Waals surface area (Å²) in [6.07, 6.45) is 0. The Morgan fingerprint density at radius 1 is 1.04 bits per heavy atom. The van der Waals surface area contributed by atoms with E-state index in [1.807, 2.05) is 69.3 Å². The van der Waals surface area contributed by atoms with E-state index in [-0.39, 0.29) is 11.2 Å². The molecule has 0 fully saturated rings. The van der Waals surface area contributed by atoms with Crippen LogP contribution in [-0.4, -0.2) is 21.4 Å². The van der Waals surface area contributed by atoms with Crippen molar-refractivity contribution < 1.29 is 4.79 Å². The van der Waals surface area contributed by atoms with E-state index in [2.05, 4.69) is 20.8 Å². The summed E-state index contributed by atoms with van der Waals surface area (Å²) in [5, 5.41) is 14.9. The maximum atomic E-state index is 12.4. The molecular weight excluding hydrogens is 364 g/mol.